The predicted octanol–water partition coefficient (Wildman–Crippen LogP) is 2.89. The first-order chi connectivity index (χ1) is 12.8. The summed E-state index contributed by atoms with van der Waals surface area (Å²) in [5, 5.41) is 2.51. The van der Waals surface area contributed by atoms with E-state index in [1.807, 2.05) is 0 Å². The van der Waals surface area contributed by atoms with Crippen LogP contribution in [-0.4, -0.2) is 60.0 Å². The van der Waals surface area contributed by atoms with Crippen molar-refractivity contribution in [2.45, 2.75) is 32.7 Å². The summed E-state index contributed by atoms with van der Waals surface area (Å²) in [5.41, 5.74) is 0.354. The summed E-state index contributed by atoms with van der Waals surface area (Å²) < 4.78 is 18.2. The van der Waals surface area contributed by atoms with Gasteiger partial charge in [0.15, 0.2) is 0 Å². The summed E-state index contributed by atoms with van der Waals surface area (Å²) in [6.07, 6.45) is 0.763. The zero-order valence-electron chi connectivity index (χ0n) is 15.3. The van der Waals surface area contributed by atoms with Gasteiger partial charge in [-0.25, -0.2) is 9.18 Å². The van der Waals surface area contributed by atoms with Gasteiger partial charge >= 0.3 is 6.09 Å². The van der Waals surface area contributed by atoms with Crippen LogP contribution < -0.4 is 5.32 Å². The van der Waals surface area contributed by atoms with Gasteiger partial charge in [0.1, 0.15) is 12.4 Å². The first-order valence-electron chi connectivity index (χ1n) is 8.75. The normalized spacial score (nSPS) is 14.6. The Morgan fingerprint density at radius 3 is 2.56 bits per heavy atom. The summed E-state index contributed by atoms with van der Waals surface area (Å²) in [6, 6.07) is 3.72. The van der Waals surface area contributed by atoms with E-state index in [4.69, 9.17) is 16.3 Å². The largest absolute Gasteiger partial charge is 0.450 e. The van der Waals surface area contributed by atoms with Crippen LogP contribution in [0.4, 0.5) is 14.9 Å². The summed E-state index contributed by atoms with van der Waals surface area (Å²) in [5.74, 6) is -1.20. The molecule has 2 rings (SSSR count). The molecule has 3 amide bonds. The van der Waals surface area contributed by atoms with Crippen molar-refractivity contribution < 1.29 is 23.5 Å². The highest BCUT2D eigenvalue weighted by atomic mass is 35.5. The Balaban J connectivity index is 1.93. The molecule has 7 nitrogen and oxygen atoms in total. The number of anilines is 1. The SMILES string of the molecule is CCOC(=O)N1CCC(N(CC(=O)Nc2ccc(F)c(Cl)c2)C(C)=O)CC1. The molecule has 1 aliphatic rings. The van der Waals surface area contributed by atoms with E-state index in [0.29, 0.717) is 38.2 Å². The molecule has 148 valence electrons. The number of carbonyl (C=O) groups excluding carboxylic acids is 3. The second-order valence-corrected chi connectivity index (χ2v) is 6.65. The zero-order valence-corrected chi connectivity index (χ0v) is 16.1. The third-order valence-electron chi connectivity index (χ3n) is 4.35. The lowest BCUT2D eigenvalue weighted by molar-refractivity contribution is -0.136. The second-order valence-electron chi connectivity index (χ2n) is 6.24. The first-order valence-corrected chi connectivity index (χ1v) is 9.13. The molecule has 27 heavy (non-hydrogen) atoms. The molecule has 0 bridgehead atoms. The number of likely N-dealkylation sites (tertiary alicyclic amines) is 1. The zero-order chi connectivity index (χ0) is 20.0. The summed E-state index contributed by atoms with van der Waals surface area (Å²) in [7, 11) is 0. The molecule has 1 saturated heterocycles. The van der Waals surface area contributed by atoms with Gasteiger partial charge in [-0.1, -0.05) is 11.6 Å². The van der Waals surface area contributed by atoms with Gasteiger partial charge in [0.2, 0.25) is 11.8 Å². The fourth-order valence-corrected chi connectivity index (χ4v) is 3.18. The van der Waals surface area contributed by atoms with Gasteiger partial charge in [0, 0.05) is 31.7 Å². The first kappa shape index (κ1) is 21.0. The van der Waals surface area contributed by atoms with Crippen molar-refractivity contribution in [1.82, 2.24) is 9.80 Å². The fraction of sp³-hybridized carbons (Fsp3) is 0.500. The van der Waals surface area contributed by atoms with Gasteiger partial charge in [-0.15, -0.1) is 0 Å². The number of nitrogens with one attached hydrogen (secondary N) is 1. The van der Waals surface area contributed by atoms with E-state index in [0.717, 1.165) is 6.07 Å². The number of benzene rings is 1. The topological polar surface area (TPSA) is 79.0 Å². The number of hydrogen-bond acceptors (Lipinski definition) is 4. The molecule has 1 heterocycles. The monoisotopic (exact) mass is 399 g/mol. The maximum atomic E-state index is 13.2. The molecule has 0 atom stereocenters. The van der Waals surface area contributed by atoms with Crippen LogP contribution in [0.15, 0.2) is 18.2 Å². The lowest BCUT2D eigenvalue weighted by Crippen LogP contribution is -2.50. The molecule has 1 aromatic carbocycles. The van der Waals surface area contributed by atoms with Crippen LogP contribution in [0.25, 0.3) is 0 Å². The number of ether oxygens (including phenoxy) is 1. The Morgan fingerprint density at radius 2 is 2.00 bits per heavy atom. The summed E-state index contributed by atoms with van der Waals surface area (Å²) in [4.78, 5) is 39.2. The Hall–Kier alpha value is -2.35. The van der Waals surface area contributed by atoms with Gasteiger partial charge < -0.3 is 19.9 Å². The van der Waals surface area contributed by atoms with Crippen molar-refractivity contribution >= 4 is 35.2 Å². The number of halogens is 2. The van der Waals surface area contributed by atoms with Crippen molar-refractivity contribution in [1.29, 1.82) is 0 Å². The van der Waals surface area contributed by atoms with Crippen LogP contribution in [0.5, 0.6) is 0 Å². The van der Waals surface area contributed by atoms with Crippen molar-refractivity contribution in [3.05, 3.63) is 29.0 Å². The van der Waals surface area contributed by atoms with Gasteiger partial charge in [-0.05, 0) is 38.0 Å². The third kappa shape index (κ3) is 5.82. The van der Waals surface area contributed by atoms with Gasteiger partial charge in [-0.2, -0.15) is 0 Å². The molecular formula is C18H23ClFN3O4. The number of hydrogen-bond donors (Lipinski definition) is 1. The molecule has 1 N–H and O–H groups in total. The van der Waals surface area contributed by atoms with Gasteiger partial charge in [0.05, 0.1) is 11.6 Å². The van der Waals surface area contributed by atoms with E-state index in [-0.39, 0.29) is 29.6 Å². The minimum absolute atomic E-state index is 0.0949. The van der Waals surface area contributed by atoms with E-state index < -0.39 is 11.7 Å². The molecule has 9 heteroatoms. The number of amides is 3. The van der Waals surface area contributed by atoms with E-state index >= 15 is 0 Å². The highest BCUT2D eigenvalue weighted by molar-refractivity contribution is 6.31. The van der Waals surface area contributed by atoms with Crippen LogP contribution in [-0.2, 0) is 14.3 Å². The van der Waals surface area contributed by atoms with Crippen molar-refractivity contribution in [3.8, 4) is 0 Å². The molecule has 1 aliphatic heterocycles. The molecule has 0 aliphatic carbocycles. The maximum absolute atomic E-state index is 13.2. The van der Waals surface area contributed by atoms with Crippen LogP contribution in [0.2, 0.25) is 5.02 Å². The number of carbonyl (C=O) groups is 3. The Bertz CT molecular complexity index is 708. The van der Waals surface area contributed by atoms with Gasteiger partial charge in [-0.3, -0.25) is 9.59 Å². The molecule has 0 spiro atoms. The molecule has 1 fully saturated rings. The maximum Gasteiger partial charge on any atom is 0.409 e. The average molecular weight is 400 g/mol. The summed E-state index contributed by atoms with van der Waals surface area (Å²) in [6.45, 7) is 4.25. The van der Waals surface area contributed by atoms with Crippen LogP contribution in [0.3, 0.4) is 0 Å². The van der Waals surface area contributed by atoms with Crippen molar-refractivity contribution in [2.24, 2.45) is 0 Å². The molecule has 0 unspecified atom stereocenters. The highest BCUT2D eigenvalue weighted by Crippen LogP contribution is 2.20. The van der Waals surface area contributed by atoms with E-state index in [1.54, 1.807) is 11.8 Å². The highest BCUT2D eigenvalue weighted by Gasteiger charge is 2.30. The fourth-order valence-electron chi connectivity index (χ4n) is 3.00. The van der Waals surface area contributed by atoms with Crippen LogP contribution >= 0.6 is 11.6 Å². The standard InChI is InChI=1S/C18H23ClFN3O4/c1-3-27-18(26)22-8-6-14(7-9-22)23(12(2)24)11-17(25)21-13-4-5-16(20)15(19)10-13/h4-5,10,14H,3,6-9,11H2,1-2H3,(H,21,25). The Kier molecular flexibility index (Phi) is 7.41. The van der Waals surface area contributed by atoms with Crippen LogP contribution in [0.1, 0.15) is 26.7 Å². The Labute approximate surface area is 162 Å². The minimum Gasteiger partial charge on any atom is -0.450 e. The predicted molar refractivity (Wildman–Crippen MR) is 99.0 cm³/mol. The molecule has 1 aromatic rings. The van der Waals surface area contributed by atoms with E-state index in [1.165, 1.54) is 24.0 Å². The van der Waals surface area contributed by atoms with Gasteiger partial charge in [0.25, 0.3) is 0 Å². The third-order valence-corrected chi connectivity index (χ3v) is 4.64. The Morgan fingerprint density at radius 1 is 1.33 bits per heavy atom. The number of rotatable bonds is 5. The molecule has 0 saturated carbocycles. The van der Waals surface area contributed by atoms with Crippen LogP contribution in [0, 0.1) is 5.82 Å². The molecule has 0 aromatic heterocycles. The number of nitrogens with zero attached hydrogens (tertiary/aromatic N) is 2. The second kappa shape index (κ2) is 9.55. The minimum atomic E-state index is -0.576. The number of piperidine rings is 1. The average Bonchev–Trinajstić information content (AvgIpc) is 2.63. The summed E-state index contributed by atoms with van der Waals surface area (Å²) >= 11 is 5.70. The smallest absolute Gasteiger partial charge is 0.409 e. The molecule has 0 radical (unpaired) electrons. The van der Waals surface area contributed by atoms with Crippen molar-refractivity contribution in [2.75, 3.05) is 31.6 Å². The van der Waals surface area contributed by atoms with E-state index in [9.17, 15) is 18.8 Å². The van der Waals surface area contributed by atoms with Crippen molar-refractivity contribution in [3.63, 3.8) is 0 Å². The lowest BCUT2D eigenvalue weighted by atomic mass is 10.0. The molecular weight excluding hydrogens is 377 g/mol. The van der Waals surface area contributed by atoms with E-state index in [2.05, 4.69) is 5.32 Å². The quantitative estimate of drug-likeness (QED) is 0.825. The lowest BCUT2D eigenvalue weighted by Gasteiger charge is -2.37.